The summed E-state index contributed by atoms with van der Waals surface area (Å²) in [5.41, 5.74) is 4.03. The van der Waals surface area contributed by atoms with Gasteiger partial charge in [-0.1, -0.05) is 29.8 Å². The number of hydrogen-bond acceptors (Lipinski definition) is 4. The van der Waals surface area contributed by atoms with Crippen LogP contribution in [-0.2, 0) is 14.3 Å². The summed E-state index contributed by atoms with van der Waals surface area (Å²) in [7, 11) is 0. The minimum atomic E-state index is -0.339. The molecule has 0 spiro atoms. The lowest BCUT2D eigenvalue weighted by molar-refractivity contribution is -0.136. The van der Waals surface area contributed by atoms with E-state index in [0.717, 1.165) is 22.6 Å². The lowest BCUT2D eigenvalue weighted by Gasteiger charge is -2.32. The van der Waals surface area contributed by atoms with Crippen LogP contribution in [0.25, 0.3) is 0 Å². The molecule has 2 heterocycles. The molecule has 0 saturated heterocycles. The maximum absolute atomic E-state index is 13.0. The van der Waals surface area contributed by atoms with Crippen LogP contribution in [0.2, 0.25) is 0 Å². The van der Waals surface area contributed by atoms with Crippen molar-refractivity contribution in [3.05, 3.63) is 70.9 Å². The van der Waals surface area contributed by atoms with Crippen LogP contribution in [0.5, 0.6) is 5.75 Å². The Bertz CT molecular complexity index is 912. The average Bonchev–Trinajstić information content (AvgIpc) is 3.05. The third-order valence-corrected chi connectivity index (χ3v) is 5.00. The molecule has 0 fully saturated rings. The van der Waals surface area contributed by atoms with Crippen LogP contribution in [0.15, 0.2) is 59.8 Å². The third kappa shape index (κ3) is 3.10. The van der Waals surface area contributed by atoms with Crippen molar-refractivity contribution in [2.45, 2.75) is 26.2 Å². The van der Waals surface area contributed by atoms with Crippen LogP contribution < -0.4 is 9.64 Å². The number of hydrogen-bond donors (Lipinski definition) is 0. The summed E-state index contributed by atoms with van der Waals surface area (Å²) in [6.45, 7) is 4.64. The van der Waals surface area contributed by atoms with E-state index in [1.165, 1.54) is 0 Å². The summed E-state index contributed by atoms with van der Waals surface area (Å²) in [5, 5.41) is 0. The van der Waals surface area contributed by atoms with Gasteiger partial charge in [0.2, 0.25) is 5.91 Å². The van der Waals surface area contributed by atoms with Crippen molar-refractivity contribution < 1.29 is 19.1 Å². The largest absolute Gasteiger partial charge is 0.494 e. The minimum Gasteiger partial charge on any atom is -0.494 e. The molecule has 2 aromatic carbocycles. The van der Waals surface area contributed by atoms with E-state index < -0.39 is 0 Å². The zero-order valence-electron chi connectivity index (χ0n) is 15.4. The number of carbonyl (C=O) groups is 2. The molecule has 2 aromatic rings. The molecule has 2 aliphatic rings. The fraction of sp³-hybridized carbons (Fsp3) is 0.273. The number of amides is 1. The van der Waals surface area contributed by atoms with Crippen molar-refractivity contribution in [1.82, 2.24) is 0 Å². The van der Waals surface area contributed by atoms with Crippen molar-refractivity contribution >= 4 is 17.6 Å². The molecule has 4 rings (SSSR count). The van der Waals surface area contributed by atoms with E-state index in [1.807, 2.05) is 62.4 Å². The molecule has 138 valence electrons. The van der Waals surface area contributed by atoms with E-state index in [4.69, 9.17) is 9.47 Å². The highest BCUT2D eigenvalue weighted by Gasteiger charge is 2.42. The summed E-state index contributed by atoms with van der Waals surface area (Å²) in [6.07, 6.45) is 0.232. The smallest absolute Gasteiger partial charge is 0.336 e. The van der Waals surface area contributed by atoms with Crippen LogP contribution in [0, 0.1) is 6.92 Å². The summed E-state index contributed by atoms with van der Waals surface area (Å²) in [4.78, 5) is 27.1. The second-order valence-electron chi connectivity index (χ2n) is 6.76. The van der Waals surface area contributed by atoms with Crippen LogP contribution in [0.4, 0.5) is 5.69 Å². The number of anilines is 1. The first-order valence-electron chi connectivity index (χ1n) is 9.11. The molecule has 0 radical (unpaired) electrons. The number of nitrogens with zero attached hydrogens (tertiary/aromatic N) is 1. The maximum Gasteiger partial charge on any atom is 0.336 e. The molecule has 27 heavy (non-hydrogen) atoms. The van der Waals surface area contributed by atoms with E-state index in [-0.39, 0.29) is 30.8 Å². The SMILES string of the molecule is CCOc1ccc([C@@H]2CC(=O)N(c3ccc(C)cc3)C3=C2C(=O)OC3)cc1. The van der Waals surface area contributed by atoms with Gasteiger partial charge in [-0.15, -0.1) is 0 Å². The van der Waals surface area contributed by atoms with Gasteiger partial charge >= 0.3 is 5.97 Å². The van der Waals surface area contributed by atoms with Gasteiger partial charge in [-0.25, -0.2) is 4.79 Å². The lowest BCUT2D eigenvalue weighted by atomic mass is 9.84. The van der Waals surface area contributed by atoms with Crippen LogP contribution in [0.3, 0.4) is 0 Å². The number of benzene rings is 2. The van der Waals surface area contributed by atoms with Gasteiger partial charge in [0.1, 0.15) is 12.4 Å². The van der Waals surface area contributed by atoms with Gasteiger partial charge in [-0.05, 0) is 43.7 Å². The standard InChI is InChI=1S/C22H21NO4/c1-3-26-17-10-6-15(7-11-17)18-12-20(24)23(16-8-4-14(2)5-9-16)19-13-27-22(25)21(18)19/h4-11,18H,3,12-13H2,1-2H3/t18-/m0/s1. The molecule has 5 heteroatoms. The molecule has 0 saturated carbocycles. The molecule has 0 aliphatic carbocycles. The van der Waals surface area contributed by atoms with E-state index in [1.54, 1.807) is 4.90 Å². The highest BCUT2D eigenvalue weighted by molar-refractivity contribution is 6.06. The fourth-order valence-electron chi connectivity index (χ4n) is 3.70. The van der Waals surface area contributed by atoms with Gasteiger partial charge in [-0.2, -0.15) is 0 Å². The van der Waals surface area contributed by atoms with Crippen molar-refractivity contribution in [3.63, 3.8) is 0 Å². The highest BCUT2D eigenvalue weighted by Crippen LogP contribution is 2.42. The van der Waals surface area contributed by atoms with Gasteiger partial charge in [0.05, 0.1) is 17.9 Å². The number of cyclic esters (lactones) is 1. The zero-order chi connectivity index (χ0) is 19.0. The highest BCUT2D eigenvalue weighted by atomic mass is 16.5. The van der Waals surface area contributed by atoms with Crippen molar-refractivity contribution in [2.24, 2.45) is 0 Å². The maximum atomic E-state index is 13.0. The zero-order valence-corrected chi connectivity index (χ0v) is 15.4. The number of carbonyl (C=O) groups excluding carboxylic acids is 2. The first-order valence-corrected chi connectivity index (χ1v) is 9.11. The molecule has 2 aliphatic heterocycles. The van der Waals surface area contributed by atoms with Crippen molar-refractivity contribution in [1.29, 1.82) is 0 Å². The van der Waals surface area contributed by atoms with Crippen LogP contribution >= 0.6 is 0 Å². The normalized spacial score (nSPS) is 19.2. The quantitative estimate of drug-likeness (QED) is 0.777. The molecule has 0 N–H and O–H groups in total. The Labute approximate surface area is 158 Å². The van der Waals surface area contributed by atoms with E-state index in [9.17, 15) is 9.59 Å². The second-order valence-corrected chi connectivity index (χ2v) is 6.76. The van der Waals surface area contributed by atoms with Crippen molar-refractivity contribution in [3.8, 4) is 5.75 Å². The number of esters is 1. The minimum absolute atomic E-state index is 0.0326. The van der Waals surface area contributed by atoms with E-state index >= 15 is 0 Å². The average molecular weight is 363 g/mol. The molecule has 0 unspecified atom stereocenters. The molecule has 0 bridgehead atoms. The van der Waals surface area contributed by atoms with Gasteiger partial charge in [-0.3, -0.25) is 9.69 Å². The van der Waals surface area contributed by atoms with Gasteiger partial charge in [0.15, 0.2) is 0 Å². The number of aryl methyl sites for hydroxylation is 1. The Morgan fingerprint density at radius 3 is 2.44 bits per heavy atom. The summed E-state index contributed by atoms with van der Waals surface area (Å²) in [6, 6.07) is 15.3. The second kappa shape index (κ2) is 6.91. The first kappa shape index (κ1) is 17.3. The number of rotatable bonds is 4. The van der Waals surface area contributed by atoms with Crippen molar-refractivity contribution in [2.75, 3.05) is 18.1 Å². The monoisotopic (exact) mass is 363 g/mol. The predicted molar refractivity (Wildman–Crippen MR) is 102 cm³/mol. The fourth-order valence-corrected chi connectivity index (χ4v) is 3.70. The molecule has 0 aromatic heterocycles. The number of ether oxygens (including phenoxy) is 2. The lowest BCUT2D eigenvalue weighted by Crippen LogP contribution is -2.37. The molecule has 1 atom stereocenters. The Balaban J connectivity index is 1.74. The summed E-state index contributed by atoms with van der Waals surface area (Å²) < 4.78 is 10.8. The van der Waals surface area contributed by atoms with E-state index in [2.05, 4.69) is 0 Å². The Morgan fingerprint density at radius 2 is 1.78 bits per heavy atom. The summed E-state index contributed by atoms with van der Waals surface area (Å²) in [5.74, 6) is 0.107. The Hall–Kier alpha value is -3.08. The third-order valence-electron chi connectivity index (χ3n) is 5.00. The Morgan fingerprint density at radius 1 is 1.07 bits per heavy atom. The molecular weight excluding hydrogens is 342 g/mol. The summed E-state index contributed by atoms with van der Waals surface area (Å²) >= 11 is 0. The van der Waals surface area contributed by atoms with Gasteiger partial charge < -0.3 is 9.47 Å². The predicted octanol–water partition coefficient (Wildman–Crippen LogP) is 3.73. The van der Waals surface area contributed by atoms with Gasteiger partial charge in [0, 0.05) is 18.0 Å². The Kier molecular flexibility index (Phi) is 4.44. The van der Waals surface area contributed by atoms with Crippen LogP contribution in [-0.4, -0.2) is 25.1 Å². The van der Waals surface area contributed by atoms with Gasteiger partial charge in [0.25, 0.3) is 0 Å². The molecular formula is C22H21NO4. The van der Waals surface area contributed by atoms with Crippen LogP contribution in [0.1, 0.15) is 30.4 Å². The topological polar surface area (TPSA) is 55.8 Å². The molecule has 1 amide bonds. The molecule has 5 nitrogen and oxygen atoms in total. The van der Waals surface area contributed by atoms with E-state index in [0.29, 0.717) is 17.9 Å². The first-order chi connectivity index (χ1) is 13.1.